The summed E-state index contributed by atoms with van der Waals surface area (Å²) in [6.45, 7) is 4.57. The average molecular weight is 286 g/mol. The number of methoxy groups -OCH3 is 1. The van der Waals surface area contributed by atoms with E-state index in [0.717, 1.165) is 22.4 Å². The summed E-state index contributed by atoms with van der Waals surface area (Å²) in [5.41, 5.74) is 4.19. The number of para-hydroxylation sites is 1. The highest BCUT2D eigenvalue weighted by Crippen LogP contribution is 2.25. The molecule has 5 nitrogen and oxygen atoms in total. The second-order valence-electron chi connectivity index (χ2n) is 4.92. The van der Waals surface area contributed by atoms with E-state index in [-0.39, 0.29) is 5.69 Å². The molecule has 0 aromatic heterocycles. The van der Waals surface area contributed by atoms with E-state index in [2.05, 4.69) is 5.32 Å². The van der Waals surface area contributed by atoms with Crippen molar-refractivity contribution in [2.75, 3.05) is 12.4 Å². The molecule has 0 unspecified atom stereocenters. The van der Waals surface area contributed by atoms with Crippen LogP contribution in [-0.4, -0.2) is 12.0 Å². The number of nitrogens with one attached hydrogen (secondary N) is 1. The third kappa shape index (κ3) is 3.51. The predicted octanol–water partition coefficient (Wildman–Crippen LogP) is 3.83. The van der Waals surface area contributed by atoms with Crippen molar-refractivity contribution in [1.29, 1.82) is 0 Å². The Morgan fingerprint density at radius 1 is 1.19 bits per heavy atom. The van der Waals surface area contributed by atoms with Crippen molar-refractivity contribution in [2.45, 2.75) is 20.4 Å². The predicted molar refractivity (Wildman–Crippen MR) is 82.9 cm³/mol. The molecule has 0 aliphatic carbocycles. The maximum absolute atomic E-state index is 10.9. The van der Waals surface area contributed by atoms with Crippen molar-refractivity contribution in [2.24, 2.45) is 0 Å². The fourth-order valence-corrected chi connectivity index (χ4v) is 2.25. The number of hydrogen-bond acceptors (Lipinski definition) is 4. The zero-order valence-corrected chi connectivity index (χ0v) is 12.3. The molecular weight excluding hydrogens is 268 g/mol. The third-order valence-corrected chi connectivity index (χ3v) is 3.35. The molecule has 0 radical (unpaired) electrons. The lowest BCUT2D eigenvalue weighted by atomic mass is 10.1. The number of nitro groups is 1. The summed E-state index contributed by atoms with van der Waals surface area (Å²) < 4.78 is 5.11. The Morgan fingerprint density at radius 3 is 2.43 bits per heavy atom. The average Bonchev–Trinajstić information content (AvgIpc) is 2.46. The lowest BCUT2D eigenvalue weighted by Crippen LogP contribution is -2.04. The minimum absolute atomic E-state index is 0.0349. The van der Waals surface area contributed by atoms with Crippen LogP contribution in [0, 0.1) is 24.0 Å². The van der Waals surface area contributed by atoms with Gasteiger partial charge in [-0.3, -0.25) is 10.1 Å². The minimum atomic E-state index is -0.412. The molecular formula is C16H18N2O3. The first kappa shape index (κ1) is 14.8. The highest BCUT2D eigenvalue weighted by atomic mass is 16.6. The third-order valence-electron chi connectivity index (χ3n) is 3.35. The molecule has 0 amide bonds. The van der Waals surface area contributed by atoms with Crippen LogP contribution in [0.1, 0.15) is 16.7 Å². The first-order valence-electron chi connectivity index (χ1n) is 6.63. The molecule has 0 bridgehead atoms. The molecule has 1 N–H and O–H groups in total. The highest BCUT2D eigenvalue weighted by molar-refractivity contribution is 5.57. The molecule has 110 valence electrons. The van der Waals surface area contributed by atoms with Crippen molar-refractivity contribution in [1.82, 2.24) is 0 Å². The van der Waals surface area contributed by atoms with Gasteiger partial charge < -0.3 is 10.1 Å². The number of hydrogen-bond donors (Lipinski definition) is 1. The SMILES string of the molecule is COc1cc(CNc2c(C)cccc2C)cc([N+](=O)[O-])c1. The first-order chi connectivity index (χ1) is 10.0. The normalized spacial score (nSPS) is 10.2. The number of non-ortho nitro benzene ring substituents is 1. The maximum atomic E-state index is 10.9. The quantitative estimate of drug-likeness (QED) is 0.670. The van der Waals surface area contributed by atoms with Crippen molar-refractivity contribution < 1.29 is 9.66 Å². The van der Waals surface area contributed by atoms with Gasteiger partial charge in [0.25, 0.3) is 5.69 Å². The lowest BCUT2D eigenvalue weighted by molar-refractivity contribution is -0.385. The Labute approximate surface area is 123 Å². The summed E-state index contributed by atoms with van der Waals surface area (Å²) in [4.78, 5) is 10.5. The molecule has 0 fully saturated rings. The number of anilines is 1. The number of nitrogens with zero attached hydrogens (tertiary/aromatic N) is 1. The zero-order valence-electron chi connectivity index (χ0n) is 12.3. The molecule has 21 heavy (non-hydrogen) atoms. The van der Waals surface area contributed by atoms with Crippen LogP contribution in [0.15, 0.2) is 36.4 Å². The molecule has 0 aliphatic heterocycles. The number of benzene rings is 2. The summed E-state index contributed by atoms with van der Waals surface area (Å²) in [6, 6.07) is 10.8. The smallest absolute Gasteiger partial charge is 0.273 e. The molecule has 0 saturated heterocycles. The molecule has 0 aliphatic rings. The van der Waals surface area contributed by atoms with Gasteiger partial charge in [-0.2, -0.15) is 0 Å². The van der Waals surface area contributed by atoms with Gasteiger partial charge >= 0.3 is 0 Å². The maximum Gasteiger partial charge on any atom is 0.273 e. The summed E-state index contributed by atoms with van der Waals surface area (Å²) in [5.74, 6) is 0.488. The Kier molecular flexibility index (Phi) is 4.42. The van der Waals surface area contributed by atoms with Crippen molar-refractivity contribution in [3.63, 3.8) is 0 Å². The molecule has 5 heteroatoms. The topological polar surface area (TPSA) is 64.4 Å². The van der Waals surface area contributed by atoms with Gasteiger partial charge in [-0.05, 0) is 36.6 Å². The first-order valence-corrected chi connectivity index (χ1v) is 6.63. The van der Waals surface area contributed by atoms with Gasteiger partial charge in [0.1, 0.15) is 5.75 Å². The number of aryl methyl sites for hydroxylation is 2. The van der Waals surface area contributed by atoms with Crippen LogP contribution < -0.4 is 10.1 Å². The molecule has 0 atom stereocenters. The van der Waals surface area contributed by atoms with Crippen LogP contribution in [-0.2, 0) is 6.54 Å². The van der Waals surface area contributed by atoms with E-state index in [9.17, 15) is 10.1 Å². The number of rotatable bonds is 5. The molecule has 2 aromatic rings. The highest BCUT2D eigenvalue weighted by Gasteiger charge is 2.10. The van der Waals surface area contributed by atoms with Crippen LogP contribution >= 0.6 is 0 Å². The van der Waals surface area contributed by atoms with E-state index in [0.29, 0.717) is 12.3 Å². The van der Waals surface area contributed by atoms with E-state index in [1.807, 2.05) is 32.0 Å². The lowest BCUT2D eigenvalue weighted by Gasteiger charge is -2.13. The molecule has 0 spiro atoms. The Morgan fingerprint density at radius 2 is 1.86 bits per heavy atom. The van der Waals surface area contributed by atoms with Gasteiger partial charge in [-0.15, -0.1) is 0 Å². The van der Waals surface area contributed by atoms with Gasteiger partial charge in [0.15, 0.2) is 0 Å². The van der Waals surface area contributed by atoms with Gasteiger partial charge in [-0.1, -0.05) is 18.2 Å². The van der Waals surface area contributed by atoms with Crippen molar-refractivity contribution >= 4 is 11.4 Å². The van der Waals surface area contributed by atoms with Gasteiger partial charge in [0, 0.05) is 18.3 Å². The fourth-order valence-electron chi connectivity index (χ4n) is 2.25. The second-order valence-corrected chi connectivity index (χ2v) is 4.92. The van der Waals surface area contributed by atoms with E-state index in [1.54, 1.807) is 12.1 Å². The molecule has 2 rings (SSSR count). The largest absolute Gasteiger partial charge is 0.496 e. The van der Waals surface area contributed by atoms with Crippen LogP contribution in [0.3, 0.4) is 0 Å². The van der Waals surface area contributed by atoms with Crippen molar-refractivity contribution in [3.05, 3.63) is 63.2 Å². The summed E-state index contributed by atoms with van der Waals surface area (Å²) in [5, 5.41) is 14.3. The molecule has 0 saturated carbocycles. The van der Waals surface area contributed by atoms with E-state index in [1.165, 1.54) is 13.2 Å². The second kappa shape index (κ2) is 6.26. The minimum Gasteiger partial charge on any atom is -0.496 e. The van der Waals surface area contributed by atoms with Crippen molar-refractivity contribution in [3.8, 4) is 5.75 Å². The van der Waals surface area contributed by atoms with Gasteiger partial charge in [0.2, 0.25) is 0 Å². The van der Waals surface area contributed by atoms with Gasteiger partial charge in [0.05, 0.1) is 18.1 Å². The standard InChI is InChI=1S/C16H18N2O3/c1-11-5-4-6-12(2)16(11)17-10-13-7-14(18(19)20)9-15(8-13)21-3/h4-9,17H,10H2,1-3H3. The van der Waals surface area contributed by atoms with Crippen LogP contribution in [0.5, 0.6) is 5.75 Å². The summed E-state index contributed by atoms with van der Waals surface area (Å²) in [6.07, 6.45) is 0. The van der Waals surface area contributed by atoms with Crippen LogP contribution in [0.4, 0.5) is 11.4 Å². The Balaban J connectivity index is 2.23. The van der Waals surface area contributed by atoms with E-state index >= 15 is 0 Å². The van der Waals surface area contributed by atoms with Crippen LogP contribution in [0.2, 0.25) is 0 Å². The Bertz CT molecular complexity index is 648. The monoisotopic (exact) mass is 286 g/mol. The number of ether oxygens (including phenoxy) is 1. The number of nitro benzene ring substituents is 1. The fraction of sp³-hybridized carbons (Fsp3) is 0.250. The zero-order chi connectivity index (χ0) is 15.4. The molecule has 2 aromatic carbocycles. The van der Waals surface area contributed by atoms with Crippen LogP contribution in [0.25, 0.3) is 0 Å². The Hall–Kier alpha value is -2.56. The molecule has 0 heterocycles. The van der Waals surface area contributed by atoms with Gasteiger partial charge in [-0.25, -0.2) is 0 Å². The summed E-state index contributed by atoms with van der Waals surface area (Å²) in [7, 11) is 1.50. The van der Waals surface area contributed by atoms with E-state index < -0.39 is 4.92 Å². The van der Waals surface area contributed by atoms with E-state index in [4.69, 9.17) is 4.74 Å². The summed E-state index contributed by atoms with van der Waals surface area (Å²) >= 11 is 0.